The van der Waals surface area contributed by atoms with E-state index in [-0.39, 0.29) is 34.1 Å². The summed E-state index contributed by atoms with van der Waals surface area (Å²) in [4.78, 5) is 23.4. The second-order valence-electron chi connectivity index (χ2n) is 6.17. The summed E-state index contributed by atoms with van der Waals surface area (Å²) in [6.45, 7) is 1.68. The zero-order valence-electron chi connectivity index (χ0n) is 16.5. The number of carbonyl (C=O) groups is 1. The van der Waals surface area contributed by atoms with Gasteiger partial charge in [0, 0.05) is 25.2 Å². The van der Waals surface area contributed by atoms with Crippen molar-refractivity contribution in [3.63, 3.8) is 0 Å². The predicted octanol–water partition coefficient (Wildman–Crippen LogP) is 2.57. The molecule has 2 aromatic rings. The molecule has 1 N–H and O–H groups in total. The summed E-state index contributed by atoms with van der Waals surface area (Å²) in [5.74, 6) is -0.208. The molecule has 0 spiro atoms. The maximum absolute atomic E-state index is 13.0. The fourth-order valence-corrected chi connectivity index (χ4v) is 3.05. The fourth-order valence-electron chi connectivity index (χ4n) is 2.54. The molecule has 0 atom stereocenters. The number of methoxy groups -OCH3 is 2. The molecule has 0 heterocycles. The highest BCUT2D eigenvalue weighted by molar-refractivity contribution is 7.92. The second-order valence-corrected chi connectivity index (χ2v) is 8.18. The molecule has 0 radical (unpaired) electrons. The molecule has 156 valence electrons. The fraction of sp³-hybridized carbons (Fsp3) is 0.278. The third-order valence-electron chi connectivity index (χ3n) is 4.26. The van der Waals surface area contributed by atoms with Crippen molar-refractivity contribution < 1.29 is 27.6 Å². The van der Waals surface area contributed by atoms with Crippen LogP contribution in [0.3, 0.4) is 0 Å². The van der Waals surface area contributed by atoms with Gasteiger partial charge in [-0.05, 0) is 18.6 Å². The summed E-state index contributed by atoms with van der Waals surface area (Å²) in [6, 6.07) is 6.77. The first-order chi connectivity index (χ1) is 13.5. The van der Waals surface area contributed by atoms with Crippen LogP contribution in [0.15, 0.2) is 30.3 Å². The number of amides is 1. The molecule has 0 aromatic heterocycles. The molecular formula is C18H21N3O7S. The van der Waals surface area contributed by atoms with Crippen LogP contribution in [-0.4, -0.2) is 46.8 Å². The highest BCUT2D eigenvalue weighted by Crippen LogP contribution is 2.36. The molecule has 2 aromatic carbocycles. The van der Waals surface area contributed by atoms with Crippen LogP contribution in [0.5, 0.6) is 11.5 Å². The van der Waals surface area contributed by atoms with Crippen molar-refractivity contribution in [3.8, 4) is 11.5 Å². The molecule has 1 amide bonds. The van der Waals surface area contributed by atoms with Crippen molar-refractivity contribution in [3.05, 3.63) is 51.6 Å². The number of nitro benzene ring substituents is 1. The summed E-state index contributed by atoms with van der Waals surface area (Å²) in [5, 5.41) is 13.6. The molecule has 0 aliphatic rings. The first kappa shape index (κ1) is 22.0. The van der Waals surface area contributed by atoms with Gasteiger partial charge in [-0.25, -0.2) is 8.42 Å². The van der Waals surface area contributed by atoms with Gasteiger partial charge in [-0.1, -0.05) is 6.07 Å². The van der Waals surface area contributed by atoms with Crippen LogP contribution in [0.2, 0.25) is 0 Å². The van der Waals surface area contributed by atoms with Gasteiger partial charge in [0.1, 0.15) is 0 Å². The Kier molecular flexibility index (Phi) is 6.32. The Labute approximate surface area is 168 Å². The van der Waals surface area contributed by atoms with Crippen LogP contribution in [0.1, 0.15) is 15.9 Å². The average molecular weight is 423 g/mol. The zero-order valence-corrected chi connectivity index (χ0v) is 17.4. The molecule has 0 aliphatic heterocycles. The number of benzene rings is 2. The third-order valence-corrected chi connectivity index (χ3v) is 5.46. The number of carbonyl (C=O) groups excluding carboxylic acids is 1. The van der Waals surface area contributed by atoms with E-state index in [4.69, 9.17) is 9.47 Å². The lowest BCUT2D eigenvalue weighted by molar-refractivity contribution is -0.384. The molecular weight excluding hydrogens is 402 g/mol. The molecule has 10 nitrogen and oxygen atoms in total. The molecule has 11 heteroatoms. The molecule has 0 unspecified atom stereocenters. The SMILES string of the molecule is COc1cc(C(=O)Nc2cc([N+](=O)[O-])ccc2C)c(N(C)S(C)(=O)=O)cc1OC. The first-order valence-electron chi connectivity index (χ1n) is 8.26. The van der Waals surface area contributed by atoms with E-state index in [9.17, 15) is 23.3 Å². The van der Waals surface area contributed by atoms with Crippen LogP contribution < -0.4 is 19.1 Å². The minimum atomic E-state index is -3.69. The van der Waals surface area contributed by atoms with Crippen LogP contribution in [0, 0.1) is 17.0 Å². The van der Waals surface area contributed by atoms with Gasteiger partial charge in [0.15, 0.2) is 11.5 Å². The normalized spacial score (nSPS) is 10.9. The van der Waals surface area contributed by atoms with E-state index in [1.54, 1.807) is 6.92 Å². The Morgan fingerprint density at radius 3 is 2.24 bits per heavy atom. The third kappa shape index (κ3) is 4.74. The highest BCUT2D eigenvalue weighted by atomic mass is 32.2. The molecule has 0 fully saturated rings. The number of aryl methyl sites for hydroxylation is 1. The Morgan fingerprint density at radius 1 is 1.14 bits per heavy atom. The van der Waals surface area contributed by atoms with Crippen LogP contribution in [0.25, 0.3) is 0 Å². The number of ether oxygens (including phenoxy) is 2. The highest BCUT2D eigenvalue weighted by Gasteiger charge is 2.24. The quantitative estimate of drug-likeness (QED) is 0.535. The van der Waals surface area contributed by atoms with Crippen molar-refractivity contribution in [2.24, 2.45) is 0 Å². The standard InChI is InChI=1S/C18H21N3O7S/c1-11-6-7-12(21(23)24)8-14(11)19-18(22)13-9-16(27-3)17(28-4)10-15(13)20(2)29(5,25)26/h6-10H,1-5H3,(H,19,22). The lowest BCUT2D eigenvalue weighted by atomic mass is 10.1. The minimum absolute atomic E-state index is 0.0125. The smallest absolute Gasteiger partial charge is 0.271 e. The van der Waals surface area contributed by atoms with Crippen molar-refractivity contribution in [2.75, 3.05) is 37.1 Å². The van der Waals surface area contributed by atoms with Crippen molar-refractivity contribution in [1.29, 1.82) is 0 Å². The summed E-state index contributed by atoms with van der Waals surface area (Å²) in [7, 11) is 0.372. The van der Waals surface area contributed by atoms with Crippen molar-refractivity contribution >= 4 is 33.0 Å². The number of anilines is 2. The molecule has 0 saturated carbocycles. The van der Waals surface area contributed by atoms with Crippen molar-refractivity contribution in [1.82, 2.24) is 0 Å². The van der Waals surface area contributed by atoms with E-state index < -0.39 is 20.9 Å². The van der Waals surface area contributed by atoms with Crippen LogP contribution in [0.4, 0.5) is 17.1 Å². The molecule has 29 heavy (non-hydrogen) atoms. The van der Waals surface area contributed by atoms with E-state index in [1.807, 2.05) is 0 Å². The van der Waals surface area contributed by atoms with Gasteiger partial charge in [-0.3, -0.25) is 19.2 Å². The summed E-state index contributed by atoms with van der Waals surface area (Å²) in [5.41, 5.74) is 0.688. The Hall–Kier alpha value is -3.34. The topological polar surface area (TPSA) is 128 Å². The number of nitrogens with one attached hydrogen (secondary N) is 1. The van der Waals surface area contributed by atoms with Gasteiger partial charge in [0.2, 0.25) is 10.0 Å². The summed E-state index contributed by atoms with van der Waals surface area (Å²) >= 11 is 0. The van der Waals surface area contributed by atoms with E-state index in [0.29, 0.717) is 5.56 Å². The van der Waals surface area contributed by atoms with Gasteiger partial charge < -0.3 is 14.8 Å². The van der Waals surface area contributed by atoms with Crippen LogP contribution in [-0.2, 0) is 10.0 Å². The van der Waals surface area contributed by atoms with E-state index in [0.717, 1.165) is 10.6 Å². The monoisotopic (exact) mass is 423 g/mol. The zero-order chi connectivity index (χ0) is 21.9. The number of nitro groups is 1. The molecule has 0 saturated heterocycles. The van der Waals surface area contributed by atoms with Gasteiger partial charge in [-0.15, -0.1) is 0 Å². The van der Waals surface area contributed by atoms with Gasteiger partial charge in [0.05, 0.1) is 42.3 Å². The number of hydrogen-bond donors (Lipinski definition) is 1. The Bertz CT molecular complexity index is 1070. The van der Waals surface area contributed by atoms with Crippen LogP contribution >= 0.6 is 0 Å². The first-order valence-corrected chi connectivity index (χ1v) is 10.1. The van der Waals surface area contributed by atoms with Gasteiger partial charge in [0.25, 0.3) is 11.6 Å². The summed E-state index contributed by atoms with van der Waals surface area (Å²) < 4.78 is 35.4. The second kappa shape index (κ2) is 8.35. The van der Waals surface area contributed by atoms with E-state index in [2.05, 4.69) is 5.32 Å². The van der Waals surface area contributed by atoms with Gasteiger partial charge in [-0.2, -0.15) is 0 Å². The number of sulfonamides is 1. The average Bonchev–Trinajstić information content (AvgIpc) is 2.66. The number of non-ortho nitro benzene ring substituents is 1. The predicted molar refractivity (Wildman–Crippen MR) is 109 cm³/mol. The Morgan fingerprint density at radius 2 is 1.72 bits per heavy atom. The van der Waals surface area contributed by atoms with E-state index >= 15 is 0 Å². The number of rotatable bonds is 7. The molecule has 0 aliphatic carbocycles. The largest absolute Gasteiger partial charge is 0.493 e. The lowest BCUT2D eigenvalue weighted by Gasteiger charge is -2.22. The Balaban J connectivity index is 2.59. The van der Waals surface area contributed by atoms with Gasteiger partial charge >= 0.3 is 0 Å². The maximum Gasteiger partial charge on any atom is 0.271 e. The number of hydrogen-bond acceptors (Lipinski definition) is 7. The maximum atomic E-state index is 13.0. The minimum Gasteiger partial charge on any atom is -0.493 e. The van der Waals surface area contributed by atoms with Crippen molar-refractivity contribution in [2.45, 2.75) is 6.92 Å². The lowest BCUT2D eigenvalue weighted by Crippen LogP contribution is -2.28. The number of nitrogens with zero attached hydrogens (tertiary/aromatic N) is 2. The summed E-state index contributed by atoms with van der Waals surface area (Å²) in [6.07, 6.45) is 0.996. The molecule has 0 bridgehead atoms. The molecule has 2 rings (SSSR count). The van der Waals surface area contributed by atoms with E-state index in [1.165, 1.54) is 51.6 Å².